The Hall–Kier alpha value is -2.41. The van der Waals surface area contributed by atoms with Crippen molar-refractivity contribution in [2.75, 3.05) is 26.1 Å². The summed E-state index contributed by atoms with van der Waals surface area (Å²) in [5.74, 6) is 1.24. The normalized spacial score (nSPS) is 10.9. The van der Waals surface area contributed by atoms with Crippen molar-refractivity contribution in [3.8, 4) is 17.2 Å². The first-order chi connectivity index (χ1) is 10.5. The van der Waals surface area contributed by atoms with Crippen molar-refractivity contribution in [3.63, 3.8) is 0 Å². The highest BCUT2D eigenvalue weighted by atomic mass is 32.2. The minimum atomic E-state index is -3.79. The summed E-state index contributed by atoms with van der Waals surface area (Å²) < 4.78 is 42.8. The first-order valence-electron chi connectivity index (χ1n) is 6.39. The van der Waals surface area contributed by atoms with E-state index in [1.807, 2.05) is 0 Å². The molecule has 0 spiro atoms. The Balaban J connectivity index is 2.40. The van der Waals surface area contributed by atoms with E-state index in [-0.39, 0.29) is 10.6 Å². The molecule has 118 valence electrons. The Kier molecular flexibility index (Phi) is 4.77. The predicted molar refractivity (Wildman–Crippen MR) is 83.3 cm³/mol. The second-order valence-corrected chi connectivity index (χ2v) is 6.01. The zero-order chi connectivity index (χ0) is 16.2. The number of ether oxygens (including phenoxy) is 3. The SMILES string of the molecule is COc1cc(NS(=O)(=O)c2ccccc2OC)cc(OC)c1. The highest BCUT2D eigenvalue weighted by Crippen LogP contribution is 2.29. The van der Waals surface area contributed by atoms with Gasteiger partial charge in [-0.3, -0.25) is 4.72 Å². The van der Waals surface area contributed by atoms with Crippen molar-refractivity contribution in [3.05, 3.63) is 42.5 Å². The summed E-state index contributed by atoms with van der Waals surface area (Å²) in [6.07, 6.45) is 0. The number of rotatable bonds is 6. The molecule has 2 aromatic carbocycles. The quantitative estimate of drug-likeness (QED) is 0.884. The molecule has 0 heterocycles. The molecule has 0 aliphatic heterocycles. The molecule has 0 aromatic heterocycles. The molecule has 0 fully saturated rings. The van der Waals surface area contributed by atoms with Gasteiger partial charge in [0.1, 0.15) is 22.1 Å². The lowest BCUT2D eigenvalue weighted by Crippen LogP contribution is -2.14. The van der Waals surface area contributed by atoms with Gasteiger partial charge in [-0.1, -0.05) is 12.1 Å². The molecule has 0 unspecified atom stereocenters. The zero-order valence-corrected chi connectivity index (χ0v) is 13.3. The Morgan fingerprint density at radius 3 is 2.00 bits per heavy atom. The van der Waals surface area contributed by atoms with E-state index in [0.717, 1.165) is 0 Å². The van der Waals surface area contributed by atoms with Crippen molar-refractivity contribution in [1.82, 2.24) is 0 Å². The molecule has 0 atom stereocenters. The number of para-hydroxylation sites is 1. The summed E-state index contributed by atoms with van der Waals surface area (Å²) in [7, 11) is 0.614. The van der Waals surface area contributed by atoms with Crippen LogP contribution < -0.4 is 18.9 Å². The molecule has 0 aliphatic carbocycles. The van der Waals surface area contributed by atoms with Gasteiger partial charge in [0.05, 0.1) is 27.0 Å². The van der Waals surface area contributed by atoms with Gasteiger partial charge < -0.3 is 14.2 Å². The van der Waals surface area contributed by atoms with Gasteiger partial charge in [0.15, 0.2) is 0 Å². The molecule has 22 heavy (non-hydrogen) atoms. The van der Waals surface area contributed by atoms with Crippen LogP contribution in [0.15, 0.2) is 47.4 Å². The van der Waals surface area contributed by atoms with Gasteiger partial charge in [-0.25, -0.2) is 8.42 Å². The smallest absolute Gasteiger partial charge is 0.265 e. The van der Waals surface area contributed by atoms with Gasteiger partial charge in [0.2, 0.25) is 0 Å². The van der Waals surface area contributed by atoms with Crippen molar-refractivity contribution in [1.29, 1.82) is 0 Å². The highest BCUT2D eigenvalue weighted by molar-refractivity contribution is 7.92. The maximum Gasteiger partial charge on any atom is 0.265 e. The highest BCUT2D eigenvalue weighted by Gasteiger charge is 2.19. The van der Waals surface area contributed by atoms with E-state index in [2.05, 4.69) is 4.72 Å². The molecule has 0 saturated heterocycles. The van der Waals surface area contributed by atoms with Gasteiger partial charge in [0, 0.05) is 18.2 Å². The van der Waals surface area contributed by atoms with Crippen molar-refractivity contribution in [2.45, 2.75) is 4.90 Å². The number of sulfonamides is 1. The third kappa shape index (κ3) is 3.43. The van der Waals surface area contributed by atoms with Crippen LogP contribution in [-0.4, -0.2) is 29.7 Å². The van der Waals surface area contributed by atoms with Gasteiger partial charge in [0.25, 0.3) is 10.0 Å². The fourth-order valence-electron chi connectivity index (χ4n) is 1.92. The van der Waals surface area contributed by atoms with Crippen LogP contribution in [0.4, 0.5) is 5.69 Å². The molecule has 6 nitrogen and oxygen atoms in total. The fraction of sp³-hybridized carbons (Fsp3) is 0.200. The topological polar surface area (TPSA) is 73.9 Å². The molecule has 0 aliphatic rings. The maximum absolute atomic E-state index is 12.5. The first kappa shape index (κ1) is 16.0. The summed E-state index contributed by atoms with van der Waals surface area (Å²) in [5, 5.41) is 0. The molecule has 7 heteroatoms. The second kappa shape index (κ2) is 6.57. The third-order valence-electron chi connectivity index (χ3n) is 2.96. The first-order valence-corrected chi connectivity index (χ1v) is 7.87. The fourth-order valence-corrected chi connectivity index (χ4v) is 3.13. The van der Waals surface area contributed by atoms with E-state index in [1.54, 1.807) is 36.4 Å². The van der Waals surface area contributed by atoms with Gasteiger partial charge in [-0.2, -0.15) is 0 Å². The van der Waals surface area contributed by atoms with E-state index in [1.165, 1.54) is 27.4 Å². The minimum absolute atomic E-state index is 0.0549. The molecule has 1 N–H and O–H groups in total. The number of benzene rings is 2. The van der Waals surface area contributed by atoms with Crippen molar-refractivity contribution >= 4 is 15.7 Å². The molecule has 2 aromatic rings. The number of nitrogens with one attached hydrogen (secondary N) is 1. The van der Waals surface area contributed by atoms with E-state index in [9.17, 15) is 8.42 Å². The lowest BCUT2D eigenvalue weighted by Gasteiger charge is -2.13. The summed E-state index contributed by atoms with van der Waals surface area (Å²) in [6.45, 7) is 0. The second-order valence-electron chi connectivity index (χ2n) is 4.36. The molecular formula is C15H17NO5S. The Morgan fingerprint density at radius 2 is 1.45 bits per heavy atom. The predicted octanol–water partition coefficient (Wildman–Crippen LogP) is 2.51. The molecule has 0 saturated carbocycles. The van der Waals surface area contributed by atoms with E-state index >= 15 is 0 Å². The average molecular weight is 323 g/mol. The van der Waals surface area contributed by atoms with Crippen molar-refractivity contribution in [2.24, 2.45) is 0 Å². The number of hydrogen-bond acceptors (Lipinski definition) is 5. The maximum atomic E-state index is 12.5. The van der Waals surface area contributed by atoms with Gasteiger partial charge in [-0.15, -0.1) is 0 Å². The zero-order valence-electron chi connectivity index (χ0n) is 12.5. The average Bonchev–Trinajstić information content (AvgIpc) is 2.53. The minimum Gasteiger partial charge on any atom is -0.497 e. The Bertz CT molecular complexity index is 736. The molecule has 0 bridgehead atoms. The van der Waals surface area contributed by atoms with Crippen LogP contribution in [0.25, 0.3) is 0 Å². The van der Waals surface area contributed by atoms with Crippen molar-refractivity contribution < 1.29 is 22.6 Å². The van der Waals surface area contributed by atoms with E-state index < -0.39 is 10.0 Å². The standard InChI is InChI=1S/C15H17NO5S/c1-19-12-8-11(9-13(10-12)20-2)16-22(17,18)15-7-5-4-6-14(15)21-3/h4-10,16H,1-3H3. The third-order valence-corrected chi connectivity index (χ3v) is 4.38. The van der Waals surface area contributed by atoms with E-state index in [4.69, 9.17) is 14.2 Å². The summed E-state index contributed by atoms with van der Waals surface area (Å²) >= 11 is 0. The Labute approximate surface area is 129 Å². The summed E-state index contributed by atoms with van der Waals surface area (Å²) in [6, 6.07) is 11.2. The Morgan fingerprint density at radius 1 is 0.864 bits per heavy atom. The molecule has 0 radical (unpaired) electrons. The van der Waals surface area contributed by atoms with Crippen LogP contribution >= 0.6 is 0 Å². The van der Waals surface area contributed by atoms with Crippen LogP contribution in [-0.2, 0) is 10.0 Å². The lowest BCUT2D eigenvalue weighted by atomic mass is 10.3. The van der Waals surface area contributed by atoms with Gasteiger partial charge in [-0.05, 0) is 12.1 Å². The van der Waals surface area contributed by atoms with Crippen LogP contribution in [0.5, 0.6) is 17.2 Å². The van der Waals surface area contributed by atoms with Crippen LogP contribution in [0.3, 0.4) is 0 Å². The lowest BCUT2D eigenvalue weighted by molar-refractivity contribution is 0.395. The molecule has 2 rings (SSSR count). The van der Waals surface area contributed by atoms with Crippen LogP contribution in [0.1, 0.15) is 0 Å². The van der Waals surface area contributed by atoms with E-state index in [0.29, 0.717) is 17.2 Å². The number of anilines is 1. The number of methoxy groups -OCH3 is 3. The monoisotopic (exact) mass is 323 g/mol. The van der Waals surface area contributed by atoms with Crippen LogP contribution in [0.2, 0.25) is 0 Å². The van der Waals surface area contributed by atoms with Crippen LogP contribution in [0, 0.1) is 0 Å². The summed E-state index contributed by atoms with van der Waals surface area (Å²) in [5.41, 5.74) is 0.335. The molecule has 0 amide bonds. The molecular weight excluding hydrogens is 306 g/mol. The number of hydrogen-bond donors (Lipinski definition) is 1. The van der Waals surface area contributed by atoms with Gasteiger partial charge >= 0.3 is 0 Å². The summed E-state index contributed by atoms with van der Waals surface area (Å²) in [4.78, 5) is 0.0549. The largest absolute Gasteiger partial charge is 0.497 e.